The van der Waals surface area contributed by atoms with E-state index in [1.807, 2.05) is 13.8 Å². The van der Waals surface area contributed by atoms with Crippen molar-refractivity contribution in [3.8, 4) is 23.0 Å². The summed E-state index contributed by atoms with van der Waals surface area (Å²) in [4.78, 5) is 10.2. The fraction of sp³-hybridized carbons (Fsp3) is 0.417. The van der Waals surface area contributed by atoms with Crippen LogP contribution in [0, 0.1) is 5.82 Å². The van der Waals surface area contributed by atoms with E-state index in [1.165, 1.54) is 31.6 Å². The third-order valence-electron chi connectivity index (χ3n) is 6.21. The van der Waals surface area contributed by atoms with Gasteiger partial charge < -0.3 is 24.3 Å². The lowest BCUT2D eigenvalue weighted by Gasteiger charge is -2.40. The third kappa shape index (κ3) is 4.36. The van der Waals surface area contributed by atoms with Gasteiger partial charge in [-0.05, 0) is 26.0 Å². The van der Waals surface area contributed by atoms with Gasteiger partial charge in [0.1, 0.15) is 29.3 Å². The van der Waals surface area contributed by atoms with Gasteiger partial charge in [-0.3, -0.25) is 4.90 Å². The topological polar surface area (TPSA) is 78.0 Å². The van der Waals surface area contributed by atoms with Gasteiger partial charge in [0.05, 0.1) is 24.6 Å². The molecule has 2 aliphatic heterocycles. The molecule has 0 spiro atoms. The number of nitrogens with zero attached hydrogens (tertiary/aromatic N) is 3. The van der Waals surface area contributed by atoms with Crippen LogP contribution in [0.3, 0.4) is 0 Å². The number of piperidine rings is 1. The standard InChI is InChI=1S/C24H25F3N4O4/c1-13(2)31-7-6-19(24(26,27)10-31)35-18-9-14(32-3)8-16-20(18)23(29-11-28-16)30-21-15(25)4-5-17-22(21)34-12-33-17/h4-5,8-9,11,13,19H,6-7,10,12H2,1-3H3,(H,28,29,30)/t19-/m0/s1. The average molecular weight is 490 g/mol. The van der Waals surface area contributed by atoms with Crippen LogP contribution in [0.2, 0.25) is 0 Å². The molecule has 0 bridgehead atoms. The highest BCUT2D eigenvalue weighted by Gasteiger charge is 2.47. The Morgan fingerprint density at radius 3 is 2.77 bits per heavy atom. The minimum absolute atomic E-state index is 0.00243. The average Bonchev–Trinajstić information content (AvgIpc) is 3.30. The lowest BCUT2D eigenvalue weighted by molar-refractivity contribution is -0.143. The second-order valence-electron chi connectivity index (χ2n) is 8.74. The maximum atomic E-state index is 15.1. The molecule has 11 heteroatoms. The Bertz CT molecular complexity index is 1260. The Kier molecular flexibility index (Phi) is 5.96. The van der Waals surface area contributed by atoms with E-state index in [0.29, 0.717) is 28.9 Å². The molecule has 35 heavy (non-hydrogen) atoms. The summed E-state index contributed by atoms with van der Waals surface area (Å²) in [5.74, 6) is -2.46. The van der Waals surface area contributed by atoms with Crippen LogP contribution in [0.1, 0.15) is 20.3 Å². The van der Waals surface area contributed by atoms with Gasteiger partial charge in [-0.15, -0.1) is 0 Å². The smallest absolute Gasteiger partial charge is 0.296 e. The van der Waals surface area contributed by atoms with Crippen LogP contribution in [-0.2, 0) is 0 Å². The second kappa shape index (κ2) is 8.95. The number of fused-ring (bicyclic) bond motifs is 2. The van der Waals surface area contributed by atoms with Gasteiger partial charge in [0.15, 0.2) is 23.4 Å². The number of ether oxygens (including phenoxy) is 4. The fourth-order valence-electron chi connectivity index (χ4n) is 4.30. The van der Waals surface area contributed by atoms with Gasteiger partial charge in [-0.2, -0.15) is 0 Å². The molecular weight excluding hydrogens is 465 g/mol. The van der Waals surface area contributed by atoms with E-state index in [-0.39, 0.29) is 42.3 Å². The number of hydrogen-bond acceptors (Lipinski definition) is 8. The van der Waals surface area contributed by atoms with Gasteiger partial charge in [0, 0.05) is 31.1 Å². The molecule has 3 aromatic rings. The molecule has 0 aliphatic carbocycles. The van der Waals surface area contributed by atoms with Crippen LogP contribution < -0.4 is 24.3 Å². The Hall–Kier alpha value is -3.47. The number of methoxy groups -OCH3 is 1. The van der Waals surface area contributed by atoms with Crippen LogP contribution in [-0.4, -0.2) is 59.9 Å². The van der Waals surface area contributed by atoms with Crippen LogP contribution in [0.4, 0.5) is 24.7 Å². The molecule has 1 N–H and O–H groups in total. The van der Waals surface area contributed by atoms with E-state index in [2.05, 4.69) is 15.3 Å². The quantitative estimate of drug-likeness (QED) is 0.531. The highest BCUT2D eigenvalue weighted by atomic mass is 19.3. The summed E-state index contributed by atoms with van der Waals surface area (Å²) in [6.07, 6.45) is 0.0456. The van der Waals surface area contributed by atoms with E-state index in [4.69, 9.17) is 18.9 Å². The molecule has 2 aromatic carbocycles. The molecule has 0 unspecified atom stereocenters. The zero-order chi connectivity index (χ0) is 24.7. The van der Waals surface area contributed by atoms with Gasteiger partial charge >= 0.3 is 0 Å². The zero-order valence-electron chi connectivity index (χ0n) is 19.5. The Morgan fingerprint density at radius 2 is 2.03 bits per heavy atom. The Morgan fingerprint density at radius 1 is 1.20 bits per heavy atom. The highest BCUT2D eigenvalue weighted by molar-refractivity contribution is 5.97. The first-order chi connectivity index (χ1) is 16.8. The summed E-state index contributed by atoms with van der Waals surface area (Å²) < 4.78 is 66.9. The number of rotatable bonds is 6. The summed E-state index contributed by atoms with van der Waals surface area (Å²) in [7, 11) is 1.46. The number of likely N-dealkylation sites (tertiary alicyclic amines) is 1. The van der Waals surface area contributed by atoms with Crippen molar-refractivity contribution in [1.29, 1.82) is 0 Å². The molecule has 0 saturated carbocycles. The molecule has 8 nitrogen and oxygen atoms in total. The zero-order valence-corrected chi connectivity index (χ0v) is 19.5. The molecule has 1 atom stereocenters. The Labute approximate surface area is 200 Å². The highest BCUT2D eigenvalue weighted by Crippen LogP contribution is 2.44. The summed E-state index contributed by atoms with van der Waals surface area (Å²) in [6, 6.07) is 5.83. The molecule has 3 heterocycles. The fourth-order valence-corrected chi connectivity index (χ4v) is 4.30. The number of hydrogen-bond donors (Lipinski definition) is 1. The summed E-state index contributed by atoms with van der Waals surface area (Å²) in [6.45, 7) is 3.79. The molecule has 2 aliphatic rings. The van der Waals surface area contributed by atoms with E-state index >= 15 is 8.78 Å². The number of benzene rings is 2. The molecule has 186 valence electrons. The number of halogens is 3. The van der Waals surface area contributed by atoms with Crippen molar-refractivity contribution in [1.82, 2.24) is 14.9 Å². The van der Waals surface area contributed by atoms with Crippen molar-refractivity contribution < 1.29 is 32.1 Å². The maximum absolute atomic E-state index is 15.1. The van der Waals surface area contributed by atoms with Gasteiger partial charge in [-0.1, -0.05) is 0 Å². The molecule has 5 rings (SSSR count). The van der Waals surface area contributed by atoms with E-state index < -0.39 is 24.4 Å². The first kappa shape index (κ1) is 23.3. The van der Waals surface area contributed by atoms with Crippen LogP contribution >= 0.6 is 0 Å². The summed E-state index contributed by atoms with van der Waals surface area (Å²) >= 11 is 0. The van der Waals surface area contributed by atoms with E-state index in [0.717, 1.165) is 0 Å². The van der Waals surface area contributed by atoms with Crippen molar-refractivity contribution in [2.45, 2.75) is 38.3 Å². The SMILES string of the molecule is COc1cc(O[C@H]2CCN(C(C)C)CC2(F)F)c2c(Nc3c(F)ccc4c3OCO4)ncnc2c1. The molecule has 1 fully saturated rings. The summed E-state index contributed by atoms with van der Waals surface area (Å²) in [5.41, 5.74) is 0.391. The molecule has 1 saturated heterocycles. The first-order valence-corrected chi connectivity index (χ1v) is 11.2. The maximum Gasteiger partial charge on any atom is 0.296 e. The number of alkyl halides is 2. The number of nitrogens with one attached hydrogen (secondary N) is 1. The van der Waals surface area contributed by atoms with E-state index in [1.54, 1.807) is 11.0 Å². The van der Waals surface area contributed by atoms with Crippen molar-refractivity contribution in [3.63, 3.8) is 0 Å². The third-order valence-corrected chi connectivity index (χ3v) is 6.21. The number of aromatic nitrogens is 2. The van der Waals surface area contributed by atoms with Crippen LogP contribution in [0.15, 0.2) is 30.6 Å². The first-order valence-electron chi connectivity index (χ1n) is 11.2. The van der Waals surface area contributed by atoms with Crippen molar-refractivity contribution in [3.05, 3.63) is 36.4 Å². The molecule has 1 aromatic heterocycles. The minimum atomic E-state index is -3.08. The van der Waals surface area contributed by atoms with Gasteiger partial charge in [0.2, 0.25) is 6.79 Å². The monoisotopic (exact) mass is 490 g/mol. The van der Waals surface area contributed by atoms with E-state index in [9.17, 15) is 4.39 Å². The lowest BCUT2D eigenvalue weighted by atomic mass is 10.0. The predicted molar refractivity (Wildman–Crippen MR) is 123 cm³/mol. The second-order valence-corrected chi connectivity index (χ2v) is 8.74. The van der Waals surface area contributed by atoms with Crippen LogP contribution in [0.25, 0.3) is 10.9 Å². The summed E-state index contributed by atoms with van der Waals surface area (Å²) in [5, 5.41) is 3.24. The number of anilines is 2. The van der Waals surface area contributed by atoms with Crippen molar-refractivity contribution in [2.24, 2.45) is 0 Å². The van der Waals surface area contributed by atoms with Crippen molar-refractivity contribution >= 4 is 22.4 Å². The normalized spacial score (nSPS) is 19.2. The Balaban J connectivity index is 1.56. The van der Waals surface area contributed by atoms with Gasteiger partial charge in [0.25, 0.3) is 5.92 Å². The molecule has 0 amide bonds. The van der Waals surface area contributed by atoms with Crippen LogP contribution in [0.5, 0.6) is 23.0 Å². The lowest BCUT2D eigenvalue weighted by Crippen LogP contribution is -2.55. The van der Waals surface area contributed by atoms with Gasteiger partial charge in [-0.25, -0.2) is 23.1 Å². The largest absolute Gasteiger partial charge is 0.497 e. The minimum Gasteiger partial charge on any atom is -0.497 e. The predicted octanol–water partition coefficient (Wildman–Crippen LogP) is 4.75. The molecule has 0 radical (unpaired) electrons. The van der Waals surface area contributed by atoms with Crippen molar-refractivity contribution in [2.75, 3.05) is 32.3 Å². The molecular formula is C24H25F3N4O4.